The number of rotatable bonds is 2. The summed E-state index contributed by atoms with van der Waals surface area (Å²) in [5, 5.41) is 0. The highest BCUT2D eigenvalue weighted by Gasteiger charge is 2.16. The number of para-hydroxylation sites is 1. The van der Waals surface area contributed by atoms with Crippen LogP contribution in [-0.2, 0) is 0 Å². The maximum atomic E-state index is 14.2. The number of nitrogens with one attached hydrogen (secondary N) is 1. The van der Waals surface area contributed by atoms with Crippen LogP contribution in [0, 0.1) is 28.4 Å². The first-order valence-corrected chi connectivity index (χ1v) is 9.75. The minimum atomic E-state index is -0.518. The summed E-state index contributed by atoms with van der Waals surface area (Å²) in [5.41, 5.74) is 3.38. The summed E-state index contributed by atoms with van der Waals surface area (Å²) < 4.78 is 18.2. The molecular formula is C19H14FN3OS3. The number of fused-ring (bicyclic) bond motifs is 1. The SMILES string of the molecule is Cc1ccc(-n2c(=S)sc3c(=O)n(-c4ccccc4F)c(=S)[nH]c32)cc1C. The van der Waals surface area contributed by atoms with E-state index >= 15 is 0 Å². The quantitative estimate of drug-likeness (QED) is 0.447. The fourth-order valence-corrected chi connectivity index (χ4v) is 4.54. The van der Waals surface area contributed by atoms with Gasteiger partial charge in [0.1, 0.15) is 16.2 Å². The third-order valence-corrected chi connectivity index (χ3v) is 6.12. The van der Waals surface area contributed by atoms with Gasteiger partial charge in [-0.3, -0.25) is 9.36 Å². The van der Waals surface area contributed by atoms with Gasteiger partial charge in [-0.25, -0.2) is 8.96 Å². The number of aromatic amines is 1. The van der Waals surface area contributed by atoms with Crippen LogP contribution in [0.1, 0.15) is 11.1 Å². The number of hydrogen-bond donors (Lipinski definition) is 1. The van der Waals surface area contributed by atoms with E-state index in [0.717, 1.165) is 11.3 Å². The maximum absolute atomic E-state index is 14.2. The molecule has 0 saturated carbocycles. The van der Waals surface area contributed by atoms with Crippen LogP contribution in [0.2, 0.25) is 0 Å². The molecule has 4 rings (SSSR count). The lowest BCUT2D eigenvalue weighted by atomic mass is 10.1. The van der Waals surface area contributed by atoms with E-state index in [2.05, 4.69) is 4.98 Å². The van der Waals surface area contributed by atoms with E-state index in [0.29, 0.717) is 14.3 Å². The molecule has 4 aromatic rings. The van der Waals surface area contributed by atoms with Crippen LogP contribution < -0.4 is 5.56 Å². The standard InChI is InChI=1S/C19H14FN3OS3/c1-10-7-8-12(9-11(10)2)22-16-15(27-19(22)26)17(24)23(18(25)21-16)14-6-4-3-5-13(14)20/h3-9H,1-2H3,(H,21,25). The molecule has 4 nitrogen and oxygen atoms in total. The van der Waals surface area contributed by atoms with Crippen LogP contribution >= 0.6 is 35.8 Å². The van der Waals surface area contributed by atoms with E-state index in [4.69, 9.17) is 24.4 Å². The number of aryl methyl sites for hydroxylation is 2. The van der Waals surface area contributed by atoms with E-state index in [-0.39, 0.29) is 10.5 Å². The Balaban J connectivity index is 2.07. The van der Waals surface area contributed by atoms with Gasteiger partial charge in [-0.2, -0.15) is 0 Å². The molecule has 0 atom stereocenters. The van der Waals surface area contributed by atoms with Crippen molar-refractivity contribution in [1.29, 1.82) is 0 Å². The van der Waals surface area contributed by atoms with Crippen molar-refractivity contribution in [3.63, 3.8) is 0 Å². The average molecular weight is 416 g/mol. The lowest BCUT2D eigenvalue weighted by Crippen LogP contribution is -2.21. The molecule has 2 aromatic heterocycles. The second-order valence-electron chi connectivity index (χ2n) is 6.17. The topological polar surface area (TPSA) is 42.7 Å². The molecule has 0 aliphatic rings. The number of nitrogens with zero attached hydrogens (tertiary/aromatic N) is 2. The lowest BCUT2D eigenvalue weighted by molar-refractivity contribution is 0.615. The Morgan fingerprint density at radius 1 is 1.04 bits per heavy atom. The number of hydrogen-bond acceptors (Lipinski definition) is 4. The fraction of sp³-hybridized carbons (Fsp3) is 0.105. The van der Waals surface area contributed by atoms with Gasteiger partial charge in [0, 0.05) is 5.69 Å². The summed E-state index contributed by atoms with van der Waals surface area (Å²) in [6, 6.07) is 12.0. The van der Waals surface area contributed by atoms with Gasteiger partial charge in [-0.1, -0.05) is 29.5 Å². The maximum Gasteiger partial charge on any atom is 0.278 e. The van der Waals surface area contributed by atoms with Crippen molar-refractivity contribution >= 4 is 46.1 Å². The Hall–Kier alpha value is -2.42. The van der Waals surface area contributed by atoms with Gasteiger partial charge >= 0.3 is 0 Å². The van der Waals surface area contributed by atoms with Gasteiger partial charge < -0.3 is 4.98 Å². The van der Waals surface area contributed by atoms with Gasteiger partial charge in [-0.15, -0.1) is 0 Å². The van der Waals surface area contributed by atoms with Crippen molar-refractivity contribution in [2.75, 3.05) is 0 Å². The minimum Gasteiger partial charge on any atom is -0.316 e. The molecule has 27 heavy (non-hydrogen) atoms. The Bertz CT molecular complexity index is 1380. The number of aromatic nitrogens is 3. The van der Waals surface area contributed by atoms with Gasteiger partial charge in [-0.05, 0) is 73.7 Å². The van der Waals surface area contributed by atoms with Crippen molar-refractivity contribution in [3.05, 3.63) is 78.5 Å². The monoisotopic (exact) mass is 415 g/mol. The third kappa shape index (κ3) is 2.90. The summed E-state index contributed by atoms with van der Waals surface area (Å²) in [6.45, 7) is 4.05. The molecule has 0 radical (unpaired) electrons. The zero-order valence-electron chi connectivity index (χ0n) is 14.4. The van der Waals surface area contributed by atoms with Crippen LogP contribution in [0.15, 0.2) is 47.3 Å². The lowest BCUT2D eigenvalue weighted by Gasteiger charge is -2.10. The smallest absolute Gasteiger partial charge is 0.278 e. The van der Waals surface area contributed by atoms with E-state index < -0.39 is 11.4 Å². The summed E-state index contributed by atoms with van der Waals surface area (Å²) in [6.07, 6.45) is 0. The van der Waals surface area contributed by atoms with Crippen molar-refractivity contribution in [2.24, 2.45) is 0 Å². The second kappa shape index (κ2) is 6.63. The molecule has 0 amide bonds. The third-order valence-electron chi connectivity index (χ3n) is 4.48. The number of benzene rings is 2. The molecular weight excluding hydrogens is 401 g/mol. The minimum absolute atomic E-state index is 0.114. The molecule has 1 N–H and O–H groups in total. The van der Waals surface area contributed by atoms with Crippen LogP contribution in [0.3, 0.4) is 0 Å². The fourth-order valence-electron chi connectivity index (χ4n) is 2.93. The summed E-state index contributed by atoms with van der Waals surface area (Å²) in [7, 11) is 0. The van der Waals surface area contributed by atoms with Crippen molar-refractivity contribution < 1.29 is 4.39 Å². The first kappa shape index (κ1) is 18.0. The van der Waals surface area contributed by atoms with Gasteiger partial charge in [0.05, 0.1) is 5.69 Å². The molecule has 0 unspecified atom stereocenters. The summed E-state index contributed by atoms with van der Waals surface area (Å²) in [5.74, 6) is -0.518. The van der Waals surface area contributed by atoms with Crippen LogP contribution in [0.25, 0.3) is 21.7 Å². The molecule has 0 aliphatic heterocycles. The van der Waals surface area contributed by atoms with Crippen molar-refractivity contribution in [1.82, 2.24) is 14.1 Å². The number of H-pyrrole nitrogens is 1. The van der Waals surface area contributed by atoms with Crippen molar-refractivity contribution in [3.8, 4) is 11.4 Å². The van der Waals surface area contributed by atoms with E-state index in [1.807, 2.05) is 32.0 Å². The molecule has 0 bridgehead atoms. The zero-order valence-corrected chi connectivity index (χ0v) is 16.9. The molecule has 2 aromatic carbocycles. The molecule has 2 heterocycles. The number of halogens is 1. The highest BCUT2D eigenvalue weighted by atomic mass is 32.1. The molecule has 0 saturated heterocycles. The normalized spacial score (nSPS) is 11.2. The Morgan fingerprint density at radius 2 is 1.78 bits per heavy atom. The van der Waals surface area contributed by atoms with E-state index in [9.17, 15) is 9.18 Å². The Kier molecular flexibility index (Phi) is 4.41. The van der Waals surface area contributed by atoms with Crippen molar-refractivity contribution in [2.45, 2.75) is 13.8 Å². The molecule has 8 heteroatoms. The van der Waals surface area contributed by atoms with E-state index in [1.54, 1.807) is 16.7 Å². The van der Waals surface area contributed by atoms with Crippen LogP contribution in [-0.4, -0.2) is 14.1 Å². The van der Waals surface area contributed by atoms with Crippen LogP contribution in [0.5, 0.6) is 0 Å². The second-order valence-corrected chi connectivity index (χ2v) is 8.20. The molecule has 136 valence electrons. The molecule has 0 spiro atoms. The van der Waals surface area contributed by atoms with E-state index in [1.165, 1.54) is 33.6 Å². The summed E-state index contributed by atoms with van der Waals surface area (Å²) in [4.78, 5) is 16.1. The van der Waals surface area contributed by atoms with Gasteiger partial charge in [0.2, 0.25) is 0 Å². The van der Waals surface area contributed by atoms with Gasteiger partial charge in [0.15, 0.2) is 8.73 Å². The van der Waals surface area contributed by atoms with Crippen LogP contribution in [0.4, 0.5) is 4.39 Å². The first-order chi connectivity index (χ1) is 12.9. The summed E-state index contributed by atoms with van der Waals surface area (Å²) >= 11 is 12.1. The first-order valence-electron chi connectivity index (χ1n) is 8.12. The Labute approximate surface area is 168 Å². The zero-order chi connectivity index (χ0) is 19.3. The average Bonchev–Trinajstić information content (AvgIpc) is 2.95. The largest absolute Gasteiger partial charge is 0.316 e. The molecule has 0 aliphatic carbocycles. The Morgan fingerprint density at radius 3 is 2.48 bits per heavy atom. The van der Waals surface area contributed by atoms with Gasteiger partial charge in [0.25, 0.3) is 5.56 Å². The molecule has 0 fully saturated rings. The number of thiazole rings is 1. The highest BCUT2D eigenvalue weighted by molar-refractivity contribution is 7.73. The predicted octanol–water partition coefficient (Wildman–Crippen LogP) is 5.39. The predicted molar refractivity (Wildman–Crippen MR) is 112 cm³/mol. The highest BCUT2D eigenvalue weighted by Crippen LogP contribution is 2.25.